The Morgan fingerprint density at radius 1 is 0.636 bits per heavy atom. The van der Waals surface area contributed by atoms with Crippen LogP contribution in [0.15, 0.2) is 0 Å². The Morgan fingerprint density at radius 2 is 0.636 bits per heavy atom. The quantitative estimate of drug-likeness (QED) is 0.186. The molecule has 11 heteroatoms. The second-order valence-corrected chi connectivity index (χ2v) is 5.42. The van der Waals surface area contributed by atoms with E-state index in [1.54, 1.807) is 0 Å². The number of hydrogen-bond acceptors (Lipinski definition) is 6. The van der Waals surface area contributed by atoms with Gasteiger partial charge in [0, 0.05) is 0 Å². The fourth-order valence-corrected chi connectivity index (χ4v) is 0. The molecule has 0 saturated carbocycles. The van der Waals surface area contributed by atoms with E-state index in [0.717, 1.165) is 0 Å². The van der Waals surface area contributed by atoms with Crippen molar-refractivity contribution in [1.82, 2.24) is 0 Å². The minimum atomic E-state index is -3.10. The molecule has 0 heterocycles. The van der Waals surface area contributed by atoms with Crippen LogP contribution in [0.5, 0.6) is 0 Å². The summed E-state index contributed by atoms with van der Waals surface area (Å²) in [5.74, 6) is 0. The van der Waals surface area contributed by atoms with Gasteiger partial charge in [-0.15, -0.1) is 0 Å². The van der Waals surface area contributed by atoms with Crippen molar-refractivity contribution in [3.05, 3.63) is 0 Å². The third kappa shape index (κ3) is 83.3. The Bertz CT molecular complexity index is 36.8. The van der Waals surface area contributed by atoms with Crippen molar-refractivity contribution in [3.8, 4) is 0 Å². The molecule has 0 fully saturated rings. The summed E-state index contributed by atoms with van der Waals surface area (Å²) < 4.78 is 35.7. The van der Waals surface area contributed by atoms with E-state index in [1.807, 2.05) is 0 Å². The average Bonchev–Trinajstić information content (AvgIpc) is 1.25. The van der Waals surface area contributed by atoms with Crippen LogP contribution in [0.1, 0.15) is 0 Å². The zero-order valence-corrected chi connectivity index (χ0v) is 24.2. The first-order chi connectivity index (χ1) is 3.46. The molecule has 0 N–H and O–H groups in total. The summed E-state index contributed by atoms with van der Waals surface area (Å²) in [4.78, 5) is 0. The Kier molecular flexibility index (Phi) is 69.9. The van der Waals surface area contributed by atoms with Crippen molar-refractivity contribution in [1.29, 1.82) is 0 Å². The van der Waals surface area contributed by atoms with E-state index in [4.69, 9.17) is 16.4 Å². The van der Waals surface area contributed by atoms with Gasteiger partial charge in [-0.2, -0.15) is 0 Å². The molecule has 0 aromatic heterocycles. The van der Waals surface area contributed by atoms with E-state index < -0.39 is 28.4 Å². The van der Waals surface area contributed by atoms with Crippen molar-refractivity contribution in [2.75, 3.05) is 0 Å². The first-order valence-electron chi connectivity index (χ1n) is 1.10. The Morgan fingerprint density at radius 3 is 0.636 bits per heavy atom. The molecular formula is As2Ba3O4S2. The van der Waals surface area contributed by atoms with E-state index in [2.05, 4.69) is 21.8 Å². The van der Waals surface area contributed by atoms with Crippen molar-refractivity contribution in [3.63, 3.8) is 0 Å². The van der Waals surface area contributed by atoms with Crippen LogP contribution in [0.2, 0.25) is 0 Å². The van der Waals surface area contributed by atoms with Crippen molar-refractivity contribution < 1.29 is 16.4 Å². The monoisotopic (exact) mass is 691 g/mol. The van der Waals surface area contributed by atoms with Gasteiger partial charge in [0.2, 0.25) is 0 Å². The van der Waals surface area contributed by atoms with Crippen LogP contribution in [-0.2, 0) is 21.8 Å². The summed E-state index contributed by atoms with van der Waals surface area (Å²) >= 11 is -6.21. The molecule has 0 spiro atoms. The fraction of sp³-hybridized carbons (Fsp3) is 0. The first kappa shape index (κ1) is 30.4. The molecule has 0 unspecified atom stereocenters. The summed E-state index contributed by atoms with van der Waals surface area (Å²) in [6.07, 6.45) is 0. The normalized spacial score (nSPS) is 6.55. The number of hydrogen-bond donors (Lipinski definition) is 0. The summed E-state index contributed by atoms with van der Waals surface area (Å²) in [5.41, 5.74) is 0. The zero-order chi connectivity index (χ0) is 7.15. The van der Waals surface area contributed by atoms with Gasteiger partial charge in [0.05, 0.1) is 0 Å². The van der Waals surface area contributed by atoms with Gasteiger partial charge in [-0.1, -0.05) is 0 Å². The molecule has 0 bridgehead atoms. The Labute approximate surface area is 206 Å². The van der Waals surface area contributed by atoms with Gasteiger partial charge in [0.1, 0.15) is 0 Å². The molecule has 4 nitrogen and oxygen atoms in total. The van der Waals surface area contributed by atoms with E-state index in [9.17, 15) is 0 Å². The summed E-state index contributed by atoms with van der Waals surface area (Å²) in [6, 6.07) is 0. The van der Waals surface area contributed by atoms with Crippen LogP contribution in [-0.4, -0.2) is 175 Å². The van der Waals surface area contributed by atoms with Gasteiger partial charge in [-0.25, -0.2) is 0 Å². The van der Waals surface area contributed by atoms with Gasteiger partial charge in [-0.3, -0.25) is 0 Å². The molecule has 0 aliphatic rings. The SMILES string of the molecule is [Ba+2].[Ba+2].[Ba+2].[O-][As]([O-])[S-].[O-][As]([O-])[S-]. The van der Waals surface area contributed by atoms with Crippen molar-refractivity contribution in [2.45, 2.75) is 0 Å². The first-order valence-corrected chi connectivity index (χ1v) is 9.49. The molecule has 0 aliphatic heterocycles. The van der Waals surface area contributed by atoms with Crippen molar-refractivity contribution in [2.24, 2.45) is 0 Å². The Balaban J connectivity index is -0.0000000171. The van der Waals surface area contributed by atoms with Crippen LogP contribution in [0, 0.1) is 0 Å². The van der Waals surface area contributed by atoms with Gasteiger partial charge in [0.15, 0.2) is 0 Å². The maximum atomic E-state index is 8.93. The molecule has 0 aromatic carbocycles. The molecule has 0 rings (SSSR count). The predicted molar refractivity (Wildman–Crippen MR) is 43.5 cm³/mol. The second kappa shape index (κ2) is 25.3. The van der Waals surface area contributed by atoms with Crippen LogP contribution in [0.25, 0.3) is 0 Å². The maximum absolute atomic E-state index is 8.93. The van der Waals surface area contributed by atoms with E-state index >= 15 is 0 Å². The molecule has 0 amide bonds. The van der Waals surface area contributed by atoms with Gasteiger partial charge in [0.25, 0.3) is 0 Å². The third-order valence-electron chi connectivity index (χ3n) is 0. The molecule has 0 radical (unpaired) electrons. The van der Waals surface area contributed by atoms with Gasteiger partial charge >= 0.3 is 213 Å². The molecule has 0 aliphatic carbocycles. The second-order valence-electron chi connectivity index (χ2n) is 0.447. The summed E-state index contributed by atoms with van der Waals surface area (Å²) in [5, 5.41) is 0. The molecule has 52 valence electrons. The van der Waals surface area contributed by atoms with E-state index in [0.29, 0.717) is 0 Å². The van der Waals surface area contributed by atoms with Crippen LogP contribution < -0.4 is 16.4 Å². The zero-order valence-electron chi connectivity index (χ0n) is 5.47. The van der Waals surface area contributed by atoms with Crippen LogP contribution >= 0.6 is 0 Å². The van der Waals surface area contributed by atoms with Crippen LogP contribution in [0.4, 0.5) is 0 Å². The summed E-state index contributed by atoms with van der Waals surface area (Å²) in [7, 11) is 7.31. The predicted octanol–water partition coefficient (Wildman–Crippen LogP) is -6.66. The molecule has 0 saturated heterocycles. The Hall–Kier alpha value is 6.37. The molecular weight excluding hydrogens is 690 g/mol. The summed E-state index contributed by atoms with van der Waals surface area (Å²) in [6.45, 7) is 0. The van der Waals surface area contributed by atoms with Crippen molar-refractivity contribution >= 4 is 197 Å². The van der Waals surface area contributed by atoms with Gasteiger partial charge < -0.3 is 0 Å². The minimum absolute atomic E-state index is 0. The number of rotatable bonds is 0. The standard InChI is InChI=1S/2AsO2S.3Ba/c2*2-1(3)4;;;/q2*-3;3*+2. The molecule has 0 atom stereocenters. The fourth-order valence-electron chi connectivity index (χ4n) is 0. The van der Waals surface area contributed by atoms with Crippen LogP contribution in [0.3, 0.4) is 0 Å². The molecule has 0 aromatic rings. The third-order valence-corrected chi connectivity index (χ3v) is 0. The van der Waals surface area contributed by atoms with Gasteiger partial charge in [-0.05, 0) is 0 Å². The topological polar surface area (TPSA) is 92.2 Å². The van der Waals surface area contributed by atoms with E-state index in [-0.39, 0.29) is 147 Å². The molecule has 11 heavy (non-hydrogen) atoms. The van der Waals surface area contributed by atoms with E-state index in [1.165, 1.54) is 0 Å². The average molecular weight is 690 g/mol.